The summed E-state index contributed by atoms with van der Waals surface area (Å²) in [6.07, 6.45) is 1.59. The molecular formula is C22H22F2N2O3S. The fraction of sp³-hybridized carbons (Fsp3) is 0.273. The van der Waals surface area contributed by atoms with Crippen molar-refractivity contribution in [3.8, 4) is 0 Å². The number of nitrogens with zero attached hydrogens (tertiary/aromatic N) is 1. The largest absolute Gasteiger partial charge is 0.476 e. The minimum Gasteiger partial charge on any atom is -0.476 e. The van der Waals surface area contributed by atoms with E-state index in [9.17, 15) is 18.4 Å². The zero-order chi connectivity index (χ0) is 21.9. The van der Waals surface area contributed by atoms with Crippen LogP contribution in [0, 0.1) is 11.6 Å². The summed E-state index contributed by atoms with van der Waals surface area (Å²) in [6.45, 7) is 1.21. The Kier molecular flexibility index (Phi) is 6.45. The Hall–Kier alpha value is -2.87. The molecule has 0 saturated heterocycles. The maximum absolute atomic E-state index is 14.3. The van der Waals surface area contributed by atoms with Crippen LogP contribution in [-0.2, 0) is 20.7 Å². The number of hydrogen-bond acceptors (Lipinski definition) is 4. The molecule has 0 aromatic heterocycles. The van der Waals surface area contributed by atoms with Gasteiger partial charge in [0, 0.05) is 6.42 Å². The van der Waals surface area contributed by atoms with Crippen molar-refractivity contribution in [3.05, 3.63) is 77.1 Å². The SMILES string of the molecule is CSCC1=C(c2ccccc2)C(=O)N(C(C)(Cc2cc(F)ccc2F)C(N)=O)CO1. The second-order valence-corrected chi connectivity index (χ2v) is 8.02. The minimum atomic E-state index is -1.63. The van der Waals surface area contributed by atoms with Crippen LogP contribution in [0.5, 0.6) is 0 Å². The molecule has 0 radical (unpaired) electrons. The quantitative estimate of drug-likeness (QED) is 0.728. The molecule has 2 aromatic carbocycles. The number of nitrogens with two attached hydrogens (primary N) is 1. The lowest BCUT2D eigenvalue weighted by atomic mass is 9.88. The molecule has 0 aliphatic carbocycles. The number of primary amides is 1. The third-order valence-electron chi connectivity index (χ3n) is 5.11. The van der Waals surface area contributed by atoms with Gasteiger partial charge in [0.1, 0.15) is 22.9 Å². The lowest BCUT2D eigenvalue weighted by Gasteiger charge is -2.42. The van der Waals surface area contributed by atoms with Crippen molar-refractivity contribution in [1.29, 1.82) is 0 Å². The van der Waals surface area contributed by atoms with Crippen LogP contribution in [0.1, 0.15) is 18.1 Å². The summed E-state index contributed by atoms with van der Waals surface area (Å²) in [7, 11) is 0. The predicted octanol–water partition coefficient (Wildman–Crippen LogP) is 3.34. The predicted molar refractivity (Wildman–Crippen MR) is 112 cm³/mol. The van der Waals surface area contributed by atoms with E-state index in [4.69, 9.17) is 10.5 Å². The molecule has 8 heteroatoms. The van der Waals surface area contributed by atoms with Crippen LogP contribution in [0.15, 0.2) is 54.3 Å². The molecule has 2 aromatic rings. The van der Waals surface area contributed by atoms with E-state index in [-0.39, 0.29) is 18.7 Å². The average Bonchev–Trinajstić information content (AvgIpc) is 2.71. The van der Waals surface area contributed by atoms with Gasteiger partial charge in [0.25, 0.3) is 5.91 Å². The van der Waals surface area contributed by atoms with E-state index in [1.165, 1.54) is 23.6 Å². The highest BCUT2D eigenvalue weighted by atomic mass is 32.2. The Morgan fingerprint density at radius 2 is 1.93 bits per heavy atom. The molecule has 1 aliphatic rings. The molecule has 3 rings (SSSR count). The van der Waals surface area contributed by atoms with E-state index in [1.54, 1.807) is 24.3 Å². The number of thioether (sulfide) groups is 1. The number of rotatable bonds is 7. The third kappa shape index (κ3) is 4.18. The Labute approximate surface area is 177 Å². The van der Waals surface area contributed by atoms with Gasteiger partial charge in [-0.1, -0.05) is 30.3 Å². The van der Waals surface area contributed by atoms with E-state index in [0.717, 1.165) is 18.2 Å². The Morgan fingerprint density at radius 1 is 1.23 bits per heavy atom. The second kappa shape index (κ2) is 8.87. The molecule has 0 saturated carbocycles. The molecule has 0 spiro atoms. The average molecular weight is 432 g/mol. The minimum absolute atomic E-state index is 0.0516. The van der Waals surface area contributed by atoms with Crippen molar-refractivity contribution in [1.82, 2.24) is 4.90 Å². The van der Waals surface area contributed by atoms with Gasteiger partial charge in [0.05, 0.1) is 11.3 Å². The topological polar surface area (TPSA) is 72.6 Å². The molecule has 1 heterocycles. The first-order valence-corrected chi connectivity index (χ1v) is 10.6. The Bertz CT molecular complexity index is 997. The molecular weight excluding hydrogens is 410 g/mol. The fourth-order valence-corrected chi connectivity index (χ4v) is 3.88. The maximum atomic E-state index is 14.3. The highest BCUT2D eigenvalue weighted by molar-refractivity contribution is 7.98. The Balaban J connectivity index is 2.05. The van der Waals surface area contributed by atoms with Gasteiger partial charge in [-0.3, -0.25) is 14.5 Å². The molecule has 0 fully saturated rings. The first-order valence-electron chi connectivity index (χ1n) is 9.24. The van der Waals surface area contributed by atoms with Crippen LogP contribution < -0.4 is 5.73 Å². The number of halogens is 2. The molecule has 1 aliphatic heterocycles. The first-order chi connectivity index (χ1) is 14.3. The number of hydrogen-bond donors (Lipinski definition) is 1. The van der Waals surface area contributed by atoms with Crippen LogP contribution in [0.3, 0.4) is 0 Å². The van der Waals surface area contributed by atoms with Gasteiger partial charge in [-0.05, 0) is 42.5 Å². The molecule has 0 bridgehead atoms. The van der Waals surface area contributed by atoms with E-state index in [0.29, 0.717) is 22.6 Å². The summed E-state index contributed by atoms with van der Waals surface area (Å²) in [5, 5.41) is 0. The first kappa shape index (κ1) is 21.8. The molecule has 158 valence electrons. The Morgan fingerprint density at radius 3 is 2.57 bits per heavy atom. The van der Waals surface area contributed by atoms with E-state index < -0.39 is 29.0 Å². The number of carbonyl (C=O) groups excluding carboxylic acids is 2. The molecule has 1 atom stereocenters. The highest BCUT2D eigenvalue weighted by Crippen LogP contribution is 2.33. The normalized spacial score (nSPS) is 16.3. The van der Waals surface area contributed by atoms with Crippen molar-refractivity contribution in [2.75, 3.05) is 18.7 Å². The molecule has 2 N–H and O–H groups in total. The van der Waals surface area contributed by atoms with Gasteiger partial charge >= 0.3 is 0 Å². The van der Waals surface area contributed by atoms with Crippen LogP contribution in [0.25, 0.3) is 5.57 Å². The number of amides is 2. The summed E-state index contributed by atoms with van der Waals surface area (Å²) >= 11 is 1.49. The van der Waals surface area contributed by atoms with Gasteiger partial charge in [0.15, 0.2) is 6.73 Å². The fourth-order valence-electron chi connectivity index (χ4n) is 3.39. The van der Waals surface area contributed by atoms with Crippen molar-refractivity contribution in [3.63, 3.8) is 0 Å². The van der Waals surface area contributed by atoms with Gasteiger partial charge in [0.2, 0.25) is 5.91 Å². The van der Waals surface area contributed by atoms with Crippen molar-refractivity contribution < 1.29 is 23.1 Å². The molecule has 5 nitrogen and oxygen atoms in total. The maximum Gasteiger partial charge on any atom is 0.261 e. The van der Waals surface area contributed by atoms with Gasteiger partial charge in [-0.15, -0.1) is 0 Å². The zero-order valence-electron chi connectivity index (χ0n) is 16.7. The van der Waals surface area contributed by atoms with E-state index >= 15 is 0 Å². The van der Waals surface area contributed by atoms with Crippen molar-refractivity contribution >= 4 is 29.1 Å². The summed E-state index contributed by atoms with van der Waals surface area (Å²) in [6, 6.07) is 11.9. The summed E-state index contributed by atoms with van der Waals surface area (Å²) < 4.78 is 33.8. The third-order valence-corrected chi connectivity index (χ3v) is 5.66. The number of carbonyl (C=O) groups is 2. The summed E-state index contributed by atoms with van der Waals surface area (Å²) in [5.41, 5.74) is 4.93. The zero-order valence-corrected chi connectivity index (χ0v) is 17.5. The van der Waals surface area contributed by atoms with Crippen LogP contribution in [0.4, 0.5) is 8.78 Å². The number of benzene rings is 2. The van der Waals surface area contributed by atoms with Crippen LogP contribution >= 0.6 is 11.8 Å². The molecule has 2 amide bonds. The second-order valence-electron chi connectivity index (χ2n) is 7.15. The highest BCUT2D eigenvalue weighted by Gasteiger charge is 2.45. The van der Waals surface area contributed by atoms with Gasteiger partial charge in [-0.2, -0.15) is 11.8 Å². The van der Waals surface area contributed by atoms with Crippen LogP contribution in [0.2, 0.25) is 0 Å². The van der Waals surface area contributed by atoms with Crippen LogP contribution in [-0.4, -0.2) is 41.0 Å². The smallest absolute Gasteiger partial charge is 0.261 e. The lowest BCUT2D eigenvalue weighted by molar-refractivity contribution is -0.149. The van der Waals surface area contributed by atoms with Gasteiger partial charge < -0.3 is 10.5 Å². The number of ether oxygens (including phenoxy) is 1. The molecule has 1 unspecified atom stereocenters. The van der Waals surface area contributed by atoms with E-state index in [2.05, 4.69) is 0 Å². The summed E-state index contributed by atoms with van der Waals surface area (Å²) in [5.74, 6) is -1.66. The summed E-state index contributed by atoms with van der Waals surface area (Å²) in [4.78, 5) is 27.1. The van der Waals surface area contributed by atoms with Gasteiger partial charge in [-0.25, -0.2) is 8.78 Å². The lowest BCUT2D eigenvalue weighted by Crippen LogP contribution is -2.61. The van der Waals surface area contributed by atoms with E-state index in [1.807, 2.05) is 12.3 Å². The monoisotopic (exact) mass is 432 g/mol. The standard InChI is InChI=1S/C22H22F2N2O3S/c1-22(21(25)28,11-15-10-16(23)8-9-17(15)24)26-13-29-18(12-30-2)19(20(26)27)14-6-4-3-5-7-14/h3-10H,11-13H2,1-2H3,(H2,25,28). The van der Waals surface area contributed by atoms with Crippen molar-refractivity contribution in [2.24, 2.45) is 5.73 Å². The molecule has 30 heavy (non-hydrogen) atoms. The van der Waals surface area contributed by atoms with Crippen molar-refractivity contribution in [2.45, 2.75) is 18.9 Å².